The molecule has 118 valence electrons. The van der Waals surface area contributed by atoms with Gasteiger partial charge in [-0.3, -0.25) is 14.5 Å². The zero-order valence-corrected chi connectivity index (χ0v) is 12.7. The zero-order valence-electron chi connectivity index (χ0n) is 12.7. The van der Waals surface area contributed by atoms with Crippen molar-refractivity contribution in [2.24, 2.45) is 5.92 Å². The van der Waals surface area contributed by atoms with E-state index in [1.807, 2.05) is 4.90 Å². The summed E-state index contributed by atoms with van der Waals surface area (Å²) in [6, 6.07) is 0.328. The first kappa shape index (κ1) is 14.8. The van der Waals surface area contributed by atoms with E-state index in [4.69, 9.17) is 4.74 Å². The van der Waals surface area contributed by atoms with Crippen LogP contribution >= 0.6 is 0 Å². The molecule has 6 nitrogen and oxygen atoms in total. The first-order valence-electron chi connectivity index (χ1n) is 8.01. The monoisotopic (exact) mass is 295 g/mol. The van der Waals surface area contributed by atoms with Crippen molar-refractivity contribution in [3.63, 3.8) is 0 Å². The number of rotatable bonds is 4. The number of carbonyl (C=O) groups is 2. The van der Waals surface area contributed by atoms with E-state index in [0.717, 1.165) is 45.1 Å². The molecule has 0 radical (unpaired) electrons. The van der Waals surface area contributed by atoms with E-state index in [1.54, 1.807) is 0 Å². The first-order chi connectivity index (χ1) is 10.1. The molecule has 3 rings (SSSR count). The van der Waals surface area contributed by atoms with Crippen LogP contribution in [0, 0.1) is 5.92 Å². The zero-order chi connectivity index (χ0) is 14.8. The highest BCUT2D eigenvalue weighted by atomic mass is 16.5. The van der Waals surface area contributed by atoms with Crippen LogP contribution < -0.4 is 5.32 Å². The van der Waals surface area contributed by atoms with Crippen LogP contribution in [0.3, 0.4) is 0 Å². The van der Waals surface area contributed by atoms with Gasteiger partial charge in [0.2, 0.25) is 11.8 Å². The number of amides is 2. The lowest BCUT2D eigenvalue weighted by Crippen LogP contribution is -2.61. The van der Waals surface area contributed by atoms with E-state index in [-0.39, 0.29) is 24.5 Å². The summed E-state index contributed by atoms with van der Waals surface area (Å²) in [6.07, 6.45) is 3.86. The third-order valence-electron chi connectivity index (χ3n) is 4.73. The Labute approximate surface area is 125 Å². The second kappa shape index (κ2) is 6.32. The van der Waals surface area contributed by atoms with Gasteiger partial charge in [0.15, 0.2) is 0 Å². The topological polar surface area (TPSA) is 61.9 Å². The fourth-order valence-electron chi connectivity index (χ4n) is 3.34. The van der Waals surface area contributed by atoms with Gasteiger partial charge in [0.1, 0.15) is 0 Å². The average Bonchev–Trinajstić information content (AvgIpc) is 3.28. The molecule has 2 atom stereocenters. The predicted octanol–water partition coefficient (Wildman–Crippen LogP) is -0.166. The van der Waals surface area contributed by atoms with Crippen molar-refractivity contribution in [3.05, 3.63) is 0 Å². The summed E-state index contributed by atoms with van der Waals surface area (Å²) in [5.74, 6) is 0.712. The van der Waals surface area contributed by atoms with Gasteiger partial charge in [0, 0.05) is 33.1 Å². The maximum Gasteiger partial charge on any atom is 0.242 e. The molecule has 0 bridgehead atoms. The molecule has 2 saturated heterocycles. The van der Waals surface area contributed by atoms with Gasteiger partial charge in [-0.05, 0) is 25.2 Å². The van der Waals surface area contributed by atoms with Crippen LogP contribution in [0.4, 0.5) is 0 Å². The molecule has 0 spiro atoms. The Hall–Kier alpha value is -1.14. The molecule has 6 heteroatoms. The summed E-state index contributed by atoms with van der Waals surface area (Å²) in [6.45, 7) is 5.95. The highest BCUT2D eigenvalue weighted by molar-refractivity contribution is 5.83. The van der Waals surface area contributed by atoms with Gasteiger partial charge in [-0.25, -0.2) is 0 Å². The van der Waals surface area contributed by atoms with Gasteiger partial charge >= 0.3 is 0 Å². The van der Waals surface area contributed by atoms with E-state index in [9.17, 15) is 9.59 Å². The number of carbonyl (C=O) groups excluding carboxylic acids is 2. The van der Waals surface area contributed by atoms with E-state index in [0.29, 0.717) is 6.04 Å². The number of morpholine rings is 1. The molecule has 0 aromatic carbocycles. The number of likely N-dealkylation sites (tertiary alicyclic amines) is 1. The molecule has 0 aromatic rings. The third-order valence-corrected chi connectivity index (χ3v) is 4.73. The van der Waals surface area contributed by atoms with Gasteiger partial charge in [-0.1, -0.05) is 0 Å². The molecule has 2 heterocycles. The molecule has 0 aromatic heterocycles. The Morgan fingerprint density at radius 3 is 2.76 bits per heavy atom. The molecule has 1 saturated carbocycles. The summed E-state index contributed by atoms with van der Waals surface area (Å²) in [7, 11) is 0. The van der Waals surface area contributed by atoms with Crippen molar-refractivity contribution in [1.29, 1.82) is 0 Å². The van der Waals surface area contributed by atoms with Crippen molar-refractivity contribution in [3.8, 4) is 0 Å². The Morgan fingerprint density at radius 2 is 2.05 bits per heavy atom. The SMILES string of the molecule is CC(=O)NCC(=O)N1CC[C@H]2OCCN(CC3CC3)[C@@H]2C1. The largest absolute Gasteiger partial charge is 0.375 e. The second-order valence-corrected chi connectivity index (χ2v) is 6.45. The molecule has 0 unspecified atom stereocenters. The lowest BCUT2D eigenvalue weighted by molar-refractivity contribution is -0.143. The van der Waals surface area contributed by atoms with Crippen LogP contribution in [0.1, 0.15) is 26.2 Å². The van der Waals surface area contributed by atoms with E-state index < -0.39 is 0 Å². The van der Waals surface area contributed by atoms with E-state index in [2.05, 4.69) is 10.2 Å². The summed E-state index contributed by atoms with van der Waals surface area (Å²) in [5, 5.41) is 2.59. The summed E-state index contributed by atoms with van der Waals surface area (Å²) >= 11 is 0. The molecule has 21 heavy (non-hydrogen) atoms. The highest BCUT2D eigenvalue weighted by Crippen LogP contribution is 2.32. The normalized spacial score (nSPS) is 29.9. The number of nitrogens with zero attached hydrogens (tertiary/aromatic N) is 2. The number of piperidine rings is 1. The Kier molecular flexibility index (Phi) is 4.45. The third kappa shape index (κ3) is 3.74. The lowest BCUT2D eigenvalue weighted by atomic mass is 9.98. The molecule has 3 aliphatic rings. The van der Waals surface area contributed by atoms with Crippen molar-refractivity contribution < 1.29 is 14.3 Å². The van der Waals surface area contributed by atoms with Crippen LogP contribution in [0.2, 0.25) is 0 Å². The summed E-state index contributed by atoms with van der Waals surface area (Å²) in [4.78, 5) is 27.5. The molecule has 1 N–H and O–H groups in total. The molecular weight excluding hydrogens is 270 g/mol. The van der Waals surface area contributed by atoms with Gasteiger partial charge in [-0.2, -0.15) is 0 Å². The number of ether oxygens (including phenoxy) is 1. The Morgan fingerprint density at radius 1 is 1.24 bits per heavy atom. The fourth-order valence-corrected chi connectivity index (χ4v) is 3.34. The smallest absolute Gasteiger partial charge is 0.242 e. The molecule has 1 aliphatic carbocycles. The second-order valence-electron chi connectivity index (χ2n) is 6.45. The Balaban J connectivity index is 1.57. The number of hydrogen-bond donors (Lipinski definition) is 1. The van der Waals surface area contributed by atoms with Crippen LogP contribution in [-0.2, 0) is 14.3 Å². The minimum absolute atomic E-state index is 0.0144. The van der Waals surface area contributed by atoms with Gasteiger partial charge in [0.25, 0.3) is 0 Å². The van der Waals surface area contributed by atoms with Gasteiger partial charge in [0.05, 0.1) is 25.3 Å². The van der Waals surface area contributed by atoms with Crippen molar-refractivity contribution in [2.45, 2.75) is 38.3 Å². The average molecular weight is 295 g/mol. The Bertz CT molecular complexity index is 411. The first-order valence-corrected chi connectivity index (χ1v) is 8.01. The van der Waals surface area contributed by atoms with Crippen LogP contribution in [0.15, 0.2) is 0 Å². The van der Waals surface area contributed by atoms with Crippen LogP contribution in [-0.4, -0.2) is 73.1 Å². The quantitative estimate of drug-likeness (QED) is 0.782. The van der Waals surface area contributed by atoms with Gasteiger partial charge < -0.3 is 15.0 Å². The minimum Gasteiger partial charge on any atom is -0.375 e. The van der Waals surface area contributed by atoms with Crippen LogP contribution in [0.5, 0.6) is 0 Å². The number of fused-ring (bicyclic) bond motifs is 1. The van der Waals surface area contributed by atoms with E-state index >= 15 is 0 Å². The molecule has 2 amide bonds. The lowest BCUT2D eigenvalue weighted by Gasteiger charge is -2.47. The van der Waals surface area contributed by atoms with Crippen molar-refractivity contribution >= 4 is 11.8 Å². The molecule has 3 fully saturated rings. The summed E-state index contributed by atoms with van der Waals surface area (Å²) < 4.78 is 5.89. The maximum absolute atomic E-state index is 12.2. The fraction of sp³-hybridized carbons (Fsp3) is 0.867. The minimum atomic E-state index is -0.158. The predicted molar refractivity (Wildman–Crippen MR) is 77.7 cm³/mol. The molecule has 2 aliphatic heterocycles. The number of hydrogen-bond acceptors (Lipinski definition) is 4. The van der Waals surface area contributed by atoms with Gasteiger partial charge in [-0.15, -0.1) is 0 Å². The maximum atomic E-state index is 12.2. The van der Waals surface area contributed by atoms with Crippen molar-refractivity contribution in [1.82, 2.24) is 15.1 Å². The molecular formula is C15H25N3O3. The number of nitrogens with one attached hydrogen (secondary N) is 1. The van der Waals surface area contributed by atoms with Crippen LogP contribution in [0.25, 0.3) is 0 Å². The van der Waals surface area contributed by atoms with Crippen molar-refractivity contribution in [2.75, 3.05) is 39.3 Å². The standard InChI is InChI=1S/C15H25N3O3/c1-11(19)16-8-15(20)18-5-4-14-13(10-18)17(6-7-21-14)9-12-2-3-12/h12-14H,2-10H2,1H3,(H,16,19)/t13-,14-/m1/s1. The summed E-state index contributed by atoms with van der Waals surface area (Å²) in [5.41, 5.74) is 0. The van der Waals surface area contributed by atoms with E-state index in [1.165, 1.54) is 19.8 Å². The highest BCUT2D eigenvalue weighted by Gasteiger charge is 2.40.